The number of hydrogen-bond donors (Lipinski definition) is 1. The normalized spacial score (nSPS) is 10.0. The molecule has 0 saturated heterocycles. The number of amides is 1. The molecule has 0 aliphatic heterocycles. The molecule has 0 aliphatic rings. The zero-order valence-corrected chi connectivity index (χ0v) is 9.98. The fourth-order valence-electron chi connectivity index (χ4n) is 1.12. The summed E-state index contributed by atoms with van der Waals surface area (Å²) < 4.78 is 13.5. The van der Waals surface area contributed by atoms with Crippen LogP contribution in [0.4, 0.5) is 10.3 Å². The van der Waals surface area contributed by atoms with Gasteiger partial charge in [0.25, 0.3) is 5.91 Å². The van der Waals surface area contributed by atoms with Crippen molar-refractivity contribution in [1.29, 1.82) is 0 Å². The molecule has 0 atom stereocenters. The van der Waals surface area contributed by atoms with Crippen molar-refractivity contribution in [2.45, 2.75) is 0 Å². The minimum absolute atomic E-state index is 0.0702. The largest absolute Gasteiger partial charge is 0.289 e. The first-order valence-electron chi connectivity index (χ1n) is 4.57. The Labute approximate surface area is 104 Å². The quantitative estimate of drug-likeness (QED) is 0.921. The number of carbonyl (C=O) groups is 1. The third-order valence-corrected chi connectivity index (χ3v) is 2.53. The molecule has 7 heteroatoms. The Morgan fingerprint density at radius 3 is 2.82 bits per heavy atom. The molecule has 86 valence electrons. The molecule has 5 nitrogen and oxygen atoms in total. The van der Waals surface area contributed by atoms with Gasteiger partial charge >= 0.3 is 0 Å². The summed E-state index contributed by atoms with van der Waals surface area (Å²) in [4.78, 5) is 15.5. The molecular weight excluding hydrogens is 291 g/mol. The maximum Gasteiger partial charge on any atom is 0.258 e. The number of aromatic nitrogens is 3. The van der Waals surface area contributed by atoms with Crippen LogP contribution in [-0.2, 0) is 0 Å². The first kappa shape index (κ1) is 11.6. The molecule has 0 spiro atoms. The van der Waals surface area contributed by atoms with Gasteiger partial charge in [0.1, 0.15) is 5.82 Å². The Bertz CT molecular complexity index is 549. The van der Waals surface area contributed by atoms with E-state index in [2.05, 4.69) is 36.4 Å². The Kier molecular flexibility index (Phi) is 3.38. The van der Waals surface area contributed by atoms with Crippen molar-refractivity contribution < 1.29 is 9.18 Å². The monoisotopic (exact) mass is 296 g/mol. The maximum atomic E-state index is 13.2. The van der Waals surface area contributed by atoms with Crippen LogP contribution in [0.2, 0.25) is 0 Å². The summed E-state index contributed by atoms with van der Waals surface area (Å²) in [6.45, 7) is 0. The van der Waals surface area contributed by atoms with Gasteiger partial charge in [-0.2, -0.15) is 5.10 Å². The Morgan fingerprint density at radius 2 is 2.18 bits per heavy atom. The van der Waals surface area contributed by atoms with Gasteiger partial charge in [0.2, 0.25) is 5.95 Å². The summed E-state index contributed by atoms with van der Waals surface area (Å²) in [5, 5.41) is 9.54. The van der Waals surface area contributed by atoms with Gasteiger partial charge in [-0.15, -0.1) is 5.10 Å². The fraction of sp³-hybridized carbons (Fsp3) is 0. The summed E-state index contributed by atoms with van der Waals surface area (Å²) in [6.07, 6.45) is 2.78. The van der Waals surface area contributed by atoms with Gasteiger partial charge in [0.05, 0.1) is 16.9 Å². The first-order valence-corrected chi connectivity index (χ1v) is 5.36. The van der Waals surface area contributed by atoms with Gasteiger partial charge in [0, 0.05) is 5.56 Å². The van der Waals surface area contributed by atoms with Crippen molar-refractivity contribution in [2.24, 2.45) is 0 Å². The highest BCUT2D eigenvalue weighted by molar-refractivity contribution is 9.10. The number of halogens is 2. The number of rotatable bonds is 2. The lowest BCUT2D eigenvalue weighted by atomic mass is 10.2. The number of anilines is 1. The molecule has 0 radical (unpaired) electrons. The molecule has 2 rings (SSSR count). The van der Waals surface area contributed by atoms with Crippen LogP contribution in [0.5, 0.6) is 0 Å². The number of nitrogens with zero attached hydrogens (tertiary/aromatic N) is 3. The summed E-state index contributed by atoms with van der Waals surface area (Å²) in [5.41, 5.74) is 0.179. The minimum atomic E-state index is -0.509. The van der Waals surface area contributed by atoms with Crippen molar-refractivity contribution >= 4 is 27.8 Å². The Morgan fingerprint density at radius 1 is 1.35 bits per heavy atom. The molecule has 1 N–H and O–H groups in total. The smallest absolute Gasteiger partial charge is 0.258 e. The van der Waals surface area contributed by atoms with Crippen LogP contribution in [0.1, 0.15) is 10.4 Å². The van der Waals surface area contributed by atoms with Gasteiger partial charge in [-0.1, -0.05) is 0 Å². The Hall–Kier alpha value is -1.89. The lowest BCUT2D eigenvalue weighted by molar-refractivity contribution is 0.102. The minimum Gasteiger partial charge on any atom is -0.289 e. The highest BCUT2D eigenvalue weighted by atomic mass is 79.9. The summed E-state index contributed by atoms with van der Waals surface area (Å²) in [7, 11) is 0. The van der Waals surface area contributed by atoms with Crippen LogP contribution in [0.3, 0.4) is 0 Å². The third-order valence-electron chi connectivity index (χ3n) is 1.89. The molecule has 0 unspecified atom stereocenters. The van der Waals surface area contributed by atoms with E-state index in [0.29, 0.717) is 4.47 Å². The van der Waals surface area contributed by atoms with E-state index >= 15 is 0 Å². The van der Waals surface area contributed by atoms with Gasteiger partial charge in [-0.3, -0.25) is 10.1 Å². The second-order valence-corrected chi connectivity index (χ2v) is 3.90. The lowest BCUT2D eigenvalue weighted by Crippen LogP contribution is -2.14. The molecule has 1 aromatic carbocycles. The van der Waals surface area contributed by atoms with Crippen molar-refractivity contribution in [3.8, 4) is 0 Å². The molecule has 1 heterocycles. The van der Waals surface area contributed by atoms with E-state index in [0.717, 1.165) is 6.07 Å². The van der Waals surface area contributed by atoms with Crippen LogP contribution in [0, 0.1) is 5.82 Å². The molecule has 0 saturated carbocycles. The third kappa shape index (κ3) is 2.82. The maximum absolute atomic E-state index is 13.2. The van der Waals surface area contributed by atoms with Crippen molar-refractivity contribution in [3.63, 3.8) is 0 Å². The highest BCUT2D eigenvalue weighted by Gasteiger charge is 2.10. The van der Waals surface area contributed by atoms with Crippen molar-refractivity contribution in [3.05, 3.63) is 46.4 Å². The number of hydrogen-bond acceptors (Lipinski definition) is 4. The Balaban J connectivity index is 2.18. The van der Waals surface area contributed by atoms with E-state index in [1.165, 1.54) is 24.5 Å². The summed E-state index contributed by atoms with van der Waals surface area (Å²) in [6, 6.07) is 4.06. The fourth-order valence-corrected chi connectivity index (χ4v) is 1.36. The zero-order valence-electron chi connectivity index (χ0n) is 8.39. The van der Waals surface area contributed by atoms with Crippen molar-refractivity contribution in [1.82, 2.24) is 15.2 Å². The van der Waals surface area contributed by atoms with E-state index in [1.807, 2.05) is 0 Å². The second kappa shape index (κ2) is 4.96. The van der Waals surface area contributed by atoms with Crippen LogP contribution in [0.25, 0.3) is 0 Å². The number of nitrogens with one attached hydrogen (secondary N) is 1. The van der Waals surface area contributed by atoms with Gasteiger partial charge in [0.15, 0.2) is 0 Å². The lowest BCUT2D eigenvalue weighted by Gasteiger charge is -2.03. The summed E-state index contributed by atoms with van der Waals surface area (Å²) >= 11 is 3.00. The average Bonchev–Trinajstić information content (AvgIpc) is 2.34. The van der Waals surface area contributed by atoms with E-state index in [9.17, 15) is 9.18 Å². The van der Waals surface area contributed by atoms with E-state index in [1.54, 1.807) is 0 Å². The van der Waals surface area contributed by atoms with Crippen LogP contribution in [-0.4, -0.2) is 21.1 Å². The SMILES string of the molecule is O=C(Nc1nccnn1)c1ccc(Br)c(F)c1. The van der Waals surface area contributed by atoms with Crippen LogP contribution < -0.4 is 5.32 Å². The van der Waals surface area contributed by atoms with E-state index in [4.69, 9.17) is 0 Å². The predicted octanol–water partition coefficient (Wildman–Crippen LogP) is 2.03. The predicted molar refractivity (Wildman–Crippen MR) is 61.9 cm³/mol. The molecule has 0 aliphatic carbocycles. The van der Waals surface area contributed by atoms with Crippen molar-refractivity contribution in [2.75, 3.05) is 5.32 Å². The molecular formula is C10H6BrFN4O. The summed E-state index contributed by atoms with van der Waals surface area (Å²) in [5.74, 6) is -0.935. The van der Waals surface area contributed by atoms with Gasteiger partial charge in [-0.05, 0) is 34.1 Å². The zero-order chi connectivity index (χ0) is 12.3. The molecule has 1 amide bonds. The van der Waals surface area contributed by atoms with Crippen LogP contribution in [0.15, 0.2) is 35.1 Å². The number of benzene rings is 1. The van der Waals surface area contributed by atoms with E-state index in [-0.39, 0.29) is 11.5 Å². The average molecular weight is 297 g/mol. The second-order valence-electron chi connectivity index (χ2n) is 3.05. The molecule has 1 aromatic heterocycles. The van der Waals surface area contributed by atoms with E-state index < -0.39 is 11.7 Å². The number of carbonyl (C=O) groups excluding carboxylic acids is 1. The van der Waals surface area contributed by atoms with Crippen LogP contribution >= 0.6 is 15.9 Å². The molecule has 2 aromatic rings. The standard InChI is InChI=1S/C10H6BrFN4O/c11-7-2-1-6(5-8(7)12)9(17)15-10-13-3-4-14-16-10/h1-5H,(H,13,15,16,17). The molecule has 0 bridgehead atoms. The molecule has 17 heavy (non-hydrogen) atoms. The highest BCUT2D eigenvalue weighted by Crippen LogP contribution is 2.16. The van der Waals surface area contributed by atoms with Gasteiger partial charge < -0.3 is 0 Å². The molecule has 0 fully saturated rings. The topological polar surface area (TPSA) is 67.8 Å². The first-order chi connectivity index (χ1) is 8.16. The van der Waals surface area contributed by atoms with Gasteiger partial charge in [-0.25, -0.2) is 9.37 Å².